The molecule has 10 heteroatoms. The van der Waals surface area contributed by atoms with Gasteiger partial charge in [-0.1, -0.05) is 30.3 Å². The third-order valence-corrected chi connectivity index (χ3v) is 8.27. The molecule has 0 aliphatic heterocycles. The topological polar surface area (TPSA) is 106 Å². The van der Waals surface area contributed by atoms with Crippen molar-refractivity contribution in [2.75, 3.05) is 0 Å². The molecule has 34 heavy (non-hydrogen) atoms. The number of aryl methyl sites for hydroxylation is 4. The van der Waals surface area contributed by atoms with Crippen molar-refractivity contribution in [3.63, 3.8) is 0 Å². The lowest BCUT2D eigenvalue weighted by atomic mass is 9.97. The van der Waals surface area contributed by atoms with Gasteiger partial charge in [0, 0.05) is 23.4 Å². The molecule has 0 saturated carbocycles. The Morgan fingerprint density at radius 2 is 1.88 bits per heavy atom. The molecule has 8 nitrogen and oxygen atoms in total. The van der Waals surface area contributed by atoms with Crippen molar-refractivity contribution in [1.82, 2.24) is 25.4 Å². The van der Waals surface area contributed by atoms with Gasteiger partial charge >= 0.3 is 0 Å². The molecule has 2 amide bonds. The van der Waals surface area contributed by atoms with Crippen molar-refractivity contribution in [2.24, 2.45) is 0 Å². The number of aromatic nitrogens is 3. The van der Waals surface area contributed by atoms with Crippen molar-refractivity contribution in [3.05, 3.63) is 68.0 Å². The molecule has 0 fully saturated rings. The van der Waals surface area contributed by atoms with Crippen LogP contribution in [0.15, 0.2) is 41.5 Å². The highest BCUT2D eigenvalue weighted by Crippen LogP contribution is 2.33. The number of fused-ring (bicyclic) bond motifs is 3. The molecule has 5 rings (SSSR count). The van der Waals surface area contributed by atoms with E-state index in [-0.39, 0.29) is 18.5 Å². The summed E-state index contributed by atoms with van der Waals surface area (Å²) in [5.74, 6) is -0.811. The summed E-state index contributed by atoms with van der Waals surface area (Å²) >= 11 is 2.87. The Hall–Kier alpha value is -3.37. The molecule has 0 radical (unpaired) electrons. The van der Waals surface area contributed by atoms with E-state index in [1.165, 1.54) is 27.1 Å². The monoisotopic (exact) mass is 493 g/mol. The zero-order chi connectivity index (χ0) is 23.7. The maximum Gasteiger partial charge on any atom is 0.281 e. The fraction of sp³-hybridized carbons (Fsp3) is 0.292. The summed E-state index contributed by atoms with van der Waals surface area (Å²) in [6, 6.07) is 9.61. The molecule has 1 aromatic carbocycles. The average molecular weight is 494 g/mol. The van der Waals surface area contributed by atoms with Gasteiger partial charge in [-0.05, 0) is 38.2 Å². The Labute approximate surface area is 203 Å². The van der Waals surface area contributed by atoms with Crippen LogP contribution in [-0.2, 0) is 24.2 Å². The number of hydrazine groups is 1. The van der Waals surface area contributed by atoms with E-state index in [2.05, 4.69) is 20.8 Å². The Bertz CT molecular complexity index is 1440. The first-order valence-electron chi connectivity index (χ1n) is 11.1. The minimum Gasteiger partial charge on any atom is -0.298 e. The van der Waals surface area contributed by atoms with E-state index in [0.29, 0.717) is 16.0 Å². The van der Waals surface area contributed by atoms with Gasteiger partial charge in [-0.3, -0.25) is 29.8 Å². The molecule has 1 aliphatic carbocycles. The van der Waals surface area contributed by atoms with Gasteiger partial charge in [-0.25, -0.2) is 9.97 Å². The van der Waals surface area contributed by atoms with Crippen LogP contribution in [0.25, 0.3) is 20.8 Å². The Balaban J connectivity index is 1.21. The number of benzene rings is 1. The second kappa shape index (κ2) is 9.47. The van der Waals surface area contributed by atoms with E-state index < -0.39 is 11.8 Å². The van der Waals surface area contributed by atoms with E-state index in [0.717, 1.165) is 46.6 Å². The minimum atomic E-state index is -0.421. The largest absolute Gasteiger partial charge is 0.298 e. The Morgan fingerprint density at radius 1 is 1.09 bits per heavy atom. The zero-order valence-electron chi connectivity index (χ0n) is 18.6. The number of thiazole rings is 1. The number of hydrogen-bond donors (Lipinski definition) is 2. The number of carbonyl (C=O) groups excluding carboxylic acids is 2. The lowest BCUT2D eigenvalue weighted by Crippen LogP contribution is -2.42. The van der Waals surface area contributed by atoms with Crippen LogP contribution in [0.1, 0.15) is 45.1 Å². The summed E-state index contributed by atoms with van der Waals surface area (Å²) in [6.45, 7) is 1.95. The van der Waals surface area contributed by atoms with Gasteiger partial charge in [0.05, 0.1) is 17.4 Å². The summed E-state index contributed by atoms with van der Waals surface area (Å²) in [6.07, 6.45) is 5.69. The van der Waals surface area contributed by atoms with E-state index >= 15 is 0 Å². The number of rotatable bonds is 5. The predicted molar refractivity (Wildman–Crippen MR) is 133 cm³/mol. The molecular formula is C24H23N5O3S2. The SMILES string of the molecule is Cc1nc(-c2ccccc2)sc1C(=O)NNC(=O)CCn1cnc2sc3c(c2c1=O)CCCC3. The highest BCUT2D eigenvalue weighted by Gasteiger charge is 2.20. The first kappa shape index (κ1) is 22.4. The lowest BCUT2D eigenvalue weighted by Gasteiger charge is -2.10. The number of carbonyl (C=O) groups is 2. The molecule has 4 aromatic rings. The van der Waals surface area contributed by atoms with Crippen molar-refractivity contribution in [2.45, 2.75) is 45.6 Å². The zero-order valence-corrected chi connectivity index (χ0v) is 20.2. The van der Waals surface area contributed by atoms with Crippen LogP contribution < -0.4 is 16.4 Å². The smallest absolute Gasteiger partial charge is 0.281 e. The third kappa shape index (κ3) is 4.38. The number of nitrogens with one attached hydrogen (secondary N) is 2. The normalized spacial score (nSPS) is 13.0. The molecule has 3 aromatic heterocycles. The van der Waals surface area contributed by atoms with Crippen molar-refractivity contribution in [1.29, 1.82) is 0 Å². The maximum absolute atomic E-state index is 13.0. The van der Waals surface area contributed by atoms with Gasteiger partial charge < -0.3 is 0 Å². The highest BCUT2D eigenvalue weighted by atomic mass is 32.1. The van der Waals surface area contributed by atoms with Gasteiger partial charge in [-0.2, -0.15) is 0 Å². The first-order chi connectivity index (χ1) is 16.5. The lowest BCUT2D eigenvalue weighted by molar-refractivity contribution is -0.122. The van der Waals surface area contributed by atoms with Gasteiger partial charge in [0.15, 0.2) is 0 Å². The van der Waals surface area contributed by atoms with Crippen LogP contribution in [-0.4, -0.2) is 26.3 Å². The van der Waals surface area contributed by atoms with Crippen LogP contribution in [0.2, 0.25) is 0 Å². The molecule has 0 bridgehead atoms. The maximum atomic E-state index is 13.0. The summed E-state index contributed by atoms with van der Waals surface area (Å²) < 4.78 is 1.48. The molecule has 1 aliphatic rings. The van der Waals surface area contributed by atoms with Crippen molar-refractivity contribution >= 4 is 44.7 Å². The van der Waals surface area contributed by atoms with E-state index in [1.807, 2.05) is 30.3 Å². The molecule has 0 saturated heterocycles. The Morgan fingerprint density at radius 3 is 2.71 bits per heavy atom. The Kier molecular flexibility index (Phi) is 6.25. The van der Waals surface area contributed by atoms with E-state index in [1.54, 1.807) is 18.3 Å². The molecule has 0 spiro atoms. The van der Waals surface area contributed by atoms with Crippen LogP contribution in [0, 0.1) is 6.92 Å². The van der Waals surface area contributed by atoms with Crippen molar-refractivity contribution < 1.29 is 9.59 Å². The standard InChI is InChI=1S/C24H23N5O3S2/c1-14-20(34-22(26-14)15-7-3-2-4-8-15)21(31)28-27-18(30)11-12-29-13-25-23-19(24(29)32)16-9-5-6-10-17(16)33-23/h2-4,7-8,13H,5-6,9-12H2,1H3,(H,27,30)(H,28,31). The quantitative estimate of drug-likeness (QED) is 0.413. The summed E-state index contributed by atoms with van der Waals surface area (Å²) in [5.41, 5.74) is 7.45. The number of nitrogens with zero attached hydrogens (tertiary/aromatic N) is 3. The fourth-order valence-electron chi connectivity index (χ4n) is 4.12. The molecule has 3 heterocycles. The van der Waals surface area contributed by atoms with Gasteiger partial charge in [-0.15, -0.1) is 22.7 Å². The van der Waals surface area contributed by atoms with Crippen LogP contribution in [0.5, 0.6) is 0 Å². The predicted octanol–water partition coefficient (Wildman–Crippen LogP) is 3.62. The van der Waals surface area contributed by atoms with E-state index in [4.69, 9.17) is 0 Å². The van der Waals surface area contributed by atoms with Gasteiger partial charge in [0.1, 0.15) is 14.7 Å². The minimum absolute atomic E-state index is 0.0383. The summed E-state index contributed by atoms with van der Waals surface area (Å²) in [4.78, 5) is 49.3. The fourth-order valence-corrected chi connectivity index (χ4v) is 6.31. The second-order valence-corrected chi connectivity index (χ2v) is 10.3. The second-order valence-electron chi connectivity index (χ2n) is 8.19. The number of hydrogen-bond acceptors (Lipinski definition) is 7. The first-order valence-corrected chi connectivity index (χ1v) is 12.8. The molecule has 174 valence electrons. The average Bonchev–Trinajstić information content (AvgIpc) is 3.43. The molecule has 2 N–H and O–H groups in total. The van der Waals surface area contributed by atoms with E-state index in [9.17, 15) is 14.4 Å². The summed E-state index contributed by atoms with van der Waals surface area (Å²) in [7, 11) is 0. The van der Waals surface area contributed by atoms with Crippen LogP contribution in [0.3, 0.4) is 0 Å². The number of amides is 2. The molecule has 0 unspecified atom stereocenters. The van der Waals surface area contributed by atoms with Crippen LogP contribution in [0.4, 0.5) is 0 Å². The van der Waals surface area contributed by atoms with Gasteiger partial charge in [0.25, 0.3) is 11.5 Å². The number of thiophene rings is 1. The van der Waals surface area contributed by atoms with Crippen LogP contribution >= 0.6 is 22.7 Å². The molecular weight excluding hydrogens is 470 g/mol. The van der Waals surface area contributed by atoms with Gasteiger partial charge in [0.2, 0.25) is 5.91 Å². The summed E-state index contributed by atoms with van der Waals surface area (Å²) in [5, 5.41) is 1.44. The highest BCUT2D eigenvalue weighted by molar-refractivity contribution is 7.18. The third-order valence-electron chi connectivity index (χ3n) is 5.86. The van der Waals surface area contributed by atoms with Crippen molar-refractivity contribution in [3.8, 4) is 10.6 Å². The molecule has 0 atom stereocenters.